The molecule has 1 atom stereocenters. The molecular formula is C15H17ClF2N4O2. The molecule has 1 aromatic carbocycles. The van der Waals surface area contributed by atoms with Gasteiger partial charge in [-0.1, -0.05) is 22.9 Å². The van der Waals surface area contributed by atoms with Gasteiger partial charge in [0.2, 0.25) is 11.8 Å². The summed E-state index contributed by atoms with van der Waals surface area (Å²) in [7, 11) is 0. The number of hydrogen-bond donors (Lipinski definition) is 2. The molecule has 2 N–H and O–H groups in total. The molecule has 9 heteroatoms. The van der Waals surface area contributed by atoms with Crippen molar-refractivity contribution in [1.29, 1.82) is 0 Å². The molecule has 6 nitrogen and oxygen atoms in total. The number of carbonyl (C=O) groups is 1. The molecule has 1 aliphatic heterocycles. The van der Waals surface area contributed by atoms with E-state index in [1.54, 1.807) is 12.1 Å². The standard InChI is InChI=1S/C15H16F2N4O2.ClH/c1-9-2-4-10(5-3-9)19-13(22)6-12-20-14(23-21-12)11-7-15(16,17)8-18-11;/h2-5,11,18H,6-8H2,1H3,(H,19,22);1H. The number of benzene rings is 1. The van der Waals surface area contributed by atoms with Crippen LogP contribution in [0.5, 0.6) is 0 Å². The van der Waals surface area contributed by atoms with Gasteiger partial charge in [0.1, 0.15) is 0 Å². The maximum Gasteiger partial charge on any atom is 0.262 e. The molecule has 1 amide bonds. The summed E-state index contributed by atoms with van der Waals surface area (Å²) < 4.78 is 31.3. The largest absolute Gasteiger partial charge is 0.338 e. The molecule has 1 saturated heterocycles. The van der Waals surface area contributed by atoms with E-state index < -0.39 is 18.5 Å². The summed E-state index contributed by atoms with van der Waals surface area (Å²) in [6, 6.07) is 6.67. The van der Waals surface area contributed by atoms with Gasteiger partial charge in [-0.3, -0.25) is 10.1 Å². The van der Waals surface area contributed by atoms with Crippen LogP contribution in [-0.4, -0.2) is 28.5 Å². The van der Waals surface area contributed by atoms with E-state index in [9.17, 15) is 13.6 Å². The van der Waals surface area contributed by atoms with Crippen molar-refractivity contribution in [2.75, 3.05) is 11.9 Å². The summed E-state index contributed by atoms with van der Waals surface area (Å²) in [6.07, 6.45) is -0.468. The summed E-state index contributed by atoms with van der Waals surface area (Å²) in [5.41, 5.74) is 1.76. The number of hydrogen-bond acceptors (Lipinski definition) is 5. The second-order valence-corrected chi connectivity index (χ2v) is 5.63. The van der Waals surface area contributed by atoms with Gasteiger partial charge in [-0.2, -0.15) is 4.98 Å². The first-order valence-corrected chi connectivity index (χ1v) is 7.21. The Morgan fingerprint density at radius 2 is 2.12 bits per heavy atom. The van der Waals surface area contributed by atoms with Gasteiger partial charge < -0.3 is 9.84 Å². The number of rotatable bonds is 4. The van der Waals surface area contributed by atoms with Gasteiger partial charge in [-0.15, -0.1) is 12.4 Å². The fourth-order valence-corrected chi connectivity index (χ4v) is 2.36. The molecule has 2 heterocycles. The fourth-order valence-electron chi connectivity index (χ4n) is 2.36. The lowest BCUT2D eigenvalue weighted by Gasteiger charge is -2.04. The van der Waals surface area contributed by atoms with E-state index in [1.165, 1.54) is 0 Å². The predicted octanol–water partition coefficient (Wildman–Crippen LogP) is 2.65. The predicted molar refractivity (Wildman–Crippen MR) is 85.4 cm³/mol. The van der Waals surface area contributed by atoms with Crippen LogP contribution in [0.2, 0.25) is 0 Å². The number of anilines is 1. The SMILES string of the molecule is Cc1ccc(NC(=O)Cc2noc(C3CC(F)(F)CN3)n2)cc1.Cl. The highest BCUT2D eigenvalue weighted by atomic mass is 35.5. The average Bonchev–Trinajstić information content (AvgIpc) is 3.07. The lowest BCUT2D eigenvalue weighted by atomic mass is 10.2. The van der Waals surface area contributed by atoms with Crippen LogP contribution < -0.4 is 10.6 Å². The van der Waals surface area contributed by atoms with Gasteiger partial charge in [0.15, 0.2) is 5.82 Å². The molecule has 0 radical (unpaired) electrons. The number of nitrogens with one attached hydrogen (secondary N) is 2. The Bertz CT molecular complexity index is 706. The Labute approximate surface area is 143 Å². The van der Waals surface area contributed by atoms with Gasteiger partial charge in [0.05, 0.1) is 19.0 Å². The number of aryl methyl sites for hydroxylation is 1. The Balaban J connectivity index is 0.00000208. The Hall–Kier alpha value is -2.06. The third-order valence-electron chi connectivity index (χ3n) is 3.55. The quantitative estimate of drug-likeness (QED) is 0.878. The van der Waals surface area contributed by atoms with Crippen molar-refractivity contribution in [2.45, 2.75) is 31.7 Å². The minimum atomic E-state index is -2.78. The van der Waals surface area contributed by atoms with Gasteiger partial charge in [0.25, 0.3) is 5.92 Å². The van der Waals surface area contributed by atoms with Crippen LogP contribution in [0.3, 0.4) is 0 Å². The molecule has 0 bridgehead atoms. The average molecular weight is 359 g/mol. The van der Waals surface area contributed by atoms with Gasteiger partial charge in [-0.05, 0) is 19.1 Å². The molecule has 1 aromatic heterocycles. The molecule has 0 spiro atoms. The third kappa shape index (κ3) is 4.48. The van der Waals surface area contributed by atoms with Crippen molar-refractivity contribution >= 4 is 24.0 Å². The Morgan fingerprint density at radius 1 is 1.42 bits per heavy atom. The van der Waals surface area contributed by atoms with E-state index in [1.807, 2.05) is 19.1 Å². The number of alkyl halides is 2. The van der Waals surface area contributed by atoms with Crippen molar-refractivity contribution in [2.24, 2.45) is 0 Å². The van der Waals surface area contributed by atoms with E-state index in [0.29, 0.717) is 5.69 Å². The lowest BCUT2D eigenvalue weighted by molar-refractivity contribution is -0.115. The van der Waals surface area contributed by atoms with Crippen molar-refractivity contribution in [3.8, 4) is 0 Å². The van der Waals surface area contributed by atoms with E-state index in [-0.39, 0.29) is 42.9 Å². The van der Waals surface area contributed by atoms with E-state index >= 15 is 0 Å². The molecule has 0 saturated carbocycles. The Kier molecular flexibility index (Phi) is 5.51. The minimum Gasteiger partial charge on any atom is -0.338 e. The number of aromatic nitrogens is 2. The third-order valence-corrected chi connectivity index (χ3v) is 3.55. The van der Waals surface area contributed by atoms with Gasteiger partial charge >= 0.3 is 0 Å². The molecule has 2 aromatic rings. The van der Waals surface area contributed by atoms with Crippen molar-refractivity contribution < 1.29 is 18.1 Å². The number of carbonyl (C=O) groups excluding carboxylic acids is 1. The maximum absolute atomic E-state index is 13.2. The molecular weight excluding hydrogens is 342 g/mol. The van der Waals surface area contributed by atoms with E-state index in [0.717, 1.165) is 5.56 Å². The van der Waals surface area contributed by atoms with Crippen LogP contribution in [0.15, 0.2) is 28.8 Å². The lowest BCUT2D eigenvalue weighted by Crippen LogP contribution is -2.19. The molecule has 1 fully saturated rings. The number of nitrogens with zero attached hydrogens (tertiary/aromatic N) is 2. The smallest absolute Gasteiger partial charge is 0.262 e. The fraction of sp³-hybridized carbons (Fsp3) is 0.400. The van der Waals surface area contributed by atoms with Crippen LogP contribution in [0.4, 0.5) is 14.5 Å². The highest BCUT2D eigenvalue weighted by Gasteiger charge is 2.42. The highest BCUT2D eigenvalue weighted by molar-refractivity contribution is 5.91. The van der Waals surface area contributed by atoms with Crippen molar-refractivity contribution in [3.05, 3.63) is 41.5 Å². The first-order valence-electron chi connectivity index (χ1n) is 7.21. The summed E-state index contributed by atoms with van der Waals surface area (Å²) in [6.45, 7) is 1.54. The second-order valence-electron chi connectivity index (χ2n) is 5.63. The van der Waals surface area contributed by atoms with Crippen LogP contribution in [0, 0.1) is 6.92 Å². The normalized spacial score (nSPS) is 18.9. The summed E-state index contributed by atoms with van der Waals surface area (Å²) in [4.78, 5) is 16.0. The summed E-state index contributed by atoms with van der Waals surface area (Å²) in [5, 5.41) is 9.01. The first-order chi connectivity index (χ1) is 10.9. The van der Waals surface area contributed by atoms with Crippen LogP contribution in [0.1, 0.15) is 29.7 Å². The van der Waals surface area contributed by atoms with E-state index in [4.69, 9.17) is 4.52 Å². The zero-order chi connectivity index (χ0) is 16.4. The number of amides is 1. The topological polar surface area (TPSA) is 80.0 Å². The van der Waals surface area contributed by atoms with Crippen LogP contribution >= 0.6 is 12.4 Å². The molecule has 1 aliphatic rings. The van der Waals surface area contributed by atoms with Crippen LogP contribution in [0.25, 0.3) is 0 Å². The zero-order valence-corrected chi connectivity index (χ0v) is 13.7. The minimum absolute atomic E-state index is 0. The molecule has 1 unspecified atom stereocenters. The highest BCUT2D eigenvalue weighted by Crippen LogP contribution is 2.33. The second kappa shape index (κ2) is 7.23. The van der Waals surface area contributed by atoms with Gasteiger partial charge in [-0.25, -0.2) is 8.78 Å². The summed E-state index contributed by atoms with van der Waals surface area (Å²) >= 11 is 0. The number of halogens is 3. The van der Waals surface area contributed by atoms with E-state index in [2.05, 4.69) is 20.8 Å². The molecule has 24 heavy (non-hydrogen) atoms. The van der Waals surface area contributed by atoms with Crippen LogP contribution in [-0.2, 0) is 11.2 Å². The molecule has 130 valence electrons. The maximum atomic E-state index is 13.2. The van der Waals surface area contributed by atoms with Crippen molar-refractivity contribution in [3.63, 3.8) is 0 Å². The monoisotopic (exact) mass is 358 g/mol. The molecule has 3 rings (SSSR count). The Morgan fingerprint density at radius 3 is 2.75 bits per heavy atom. The molecule has 0 aliphatic carbocycles. The van der Waals surface area contributed by atoms with Crippen molar-refractivity contribution in [1.82, 2.24) is 15.5 Å². The summed E-state index contributed by atoms with van der Waals surface area (Å²) in [5.74, 6) is -2.82. The van der Waals surface area contributed by atoms with Gasteiger partial charge in [0, 0.05) is 12.1 Å². The zero-order valence-electron chi connectivity index (χ0n) is 12.9. The first kappa shape index (κ1) is 18.3.